The normalized spacial score (nSPS) is 12.1. The molecule has 0 radical (unpaired) electrons. The lowest BCUT2D eigenvalue weighted by molar-refractivity contribution is 0.542. The molecule has 0 aliphatic carbocycles. The Morgan fingerprint density at radius 2 is 2.04 bits per heavy atom. The number of aryl methyl sites for hydroxylation is 1. The molecule has 5 rings (SSSR count). The maximum atomic E-state index is 12.8. The van der Waals surface area contributed by atoms with E-state index in [-0.39, 0.29) is 17.0 Å². The second-order valence-corrected chi connectivity index (χ2v) is 7.00. The molecule has 0 aliphatic heterocycles. The SMILES string of the molecule is CC(C)n1[nH]c(=O)c2c(-c3cnn(C)c3)c3oc4cc(=O)ccc4c3[nH]c21. The standard InChI is InChI=1S/C19H17N5O3/c1-9(2)24-18-15(19(26)22-24)14(10-7-20-23(3)8-10)17-16(21-18)12-5-4-11(25)6-13(12)27-17/h4-9,21H,1-3H3,(H,22,26). The third-order valence-corrected chi connectivity index (χ3v) is 4.82. The molecule has 0 saturated heterocycles. The predicted octanol–water partition coefficient (Wildman–Crippen LogP) is 2.90. The molecule has 8 heteroatoms. The van der Waals surface area contributed by atoms with Gasteiger partial charge in [0.05, 0.1) is 17.1 Å². The smallest absolute Gasteiger partial charge is 0.274 e. The maximum Gasteiger partial charge on any atom is 0.274 e. The van der Waals surface area contributed by atoms with Crippen LogP contribution in [0.25, 0.3) is 44.2 Å². The van der Waals surface area contributed by atoms with Gasteiger partial charge in [0.2, 0.25) is 0 Å². The van der Waals surface area contributed by atoms with Crippen molar-refractivity contribution in [3.8, 4) is 11.1 Å². The van der Waals surface area contributed by atoms with Gasteiger partial charge >= 0.3 is 0 Å². The van der Waals surface area contributed by atoms with Crippen molar-refractivity contribution in [1.82, 2.24) is 24.5 Å². The first-order valence-electron chi connectivity index (χ1n) is 8.66. The van der Waals surface area contributed by atoms with Gasteiger partial charge in [0.15, 0.2) is 11.0 Å². The number of fused-ring (bicyclic) bond motifs is 4. The molecule has 5 aromatic rings. The molecule has 0 aliphatic rings. The van der Waals surface area contributed by atoms with Crippen LogP contribution < -0.4 is 11.0 Å². The number of hydrogen-bond donors (Lipinski definition) is 2. The van der Waals surface area contributed by atoms with Crippen LogP contribution in [0.5, 0.6) is 0 Å². The lowest BCUT2D eigenvalue weighted by Crippen LogP contribution is -2.07. The first-order valence-corrected chi connectivity index (χ1v) is 8.66. The fraction of sp³-hybridized carbons (Fsp3) is 0.211. The Labute approximate surface area is 152 Å². The van der Waals surface area contributed by atoms with Crippen LogP contribution in [0.4, 0.5) is 0 Å². The van der Waals surface area contributed by atoms with Gasteiger partial charge in [-0.1, -0.05) is 0 Å². The van der Waals surface area contributed by atoms with Crippen molar-refractivity contribution in [2.75, 3.05) is 0 Å². The first kappa shape index (κ1) is 15.7. The van der Waals surface area contributed by atoms with Gasteiger partial charge in [-0.25, -0.2) is 0 Å². The highest BCUT2D eigenvalue weighted by atomic mass is 16.3. The molecule has 2 N–H and O–H groups in total. The van der Waals surface area contributed by atoms with Crippen LogP contribution in [0.1, 0.15) is 19.9 Å². The molecule has 0 spiro atoms. The minimum absolute atomic E-state index is 0.0528. The Balaban J connectivity index is 2.07. The van der Waals surface area contributed by atoms with Crippen LogP contribution in [0.2, 0.25) is 0 Å². The molecule has 0 fully saturated rings. The summed E-state index contributed by atoms with van der Waals surface area (Å²) in [6.07, 6.45) is 3.54. The van der Waals surface area contributed by atoms with Crippen molar-refractivity contribution in [1.29, 1.82) is 0 Å². The average Bonchev–Trinajstić information content (AvgIpc) is 3.28. The molecule has 0 bridgehead atoms. The van der Waals surface area contributed by atoms with E-state index in [0.717, 1.165) is 16.5 Å². The summed E-state index contributed by atoms with van der Waals surface area (Å²) in [4.78, 5) is 27.9. The summed E-state index contributed by atoms with van der Waals surface area (Å²) in [5.41, 5.74) is 3.53. The molecule has 0 saturated carbocycles. The predicted molar refractivity (Wildman–Crippen MR) is 103 cm³/mol. The number of aromatic amines is 2. The highest BCUT2D eigenvalue weighted by Gasteiger charge is 2.23. The minimum atomic E-state index is -0.208. The number of nitrogens with one attached hydrogen (secondary N) is 2. The van der Waals surface area contributed by atoms with Crippen molar-refractivity contribution in [2.24, 2.45) is 7.05 Å². The van der Waals surface area contributed by atoms with E-state index < -0.39 is 0 Å². The summed E-state index contributed by atoms with van der Waals surface area (Å²) >= 11 is 0. The highest BCUT2D eigenvalue weighted by molar-refractivity contribution is 6.14. The lowest BCUT2D eigenvalue weighted by atomic mass is 10.1. The second kappa shape index (κ2) is 5.23. The molecule has 4 heterocycles. The van der Waals surface area contributed by atoms with Crippen molar-refractivity contribution >= 4 is 33.1 Å². The van der Waals surface area contributed by atoms with Crippen LogP contribution in [0.3, 0.4) is 0 Å². The number of nitrogens with zero attached hydrogens (tertiary/aromatic N) is 3. The van der Waals surface area contributed by atoms with Gasteiger partial charge in [0.1, 0.15) is 11.2 Å². The van der Waals surface area contributed by atoms with Gasteiger partial charge in [-0.3, -0.25) is 24.1 Å². The van der Waals surface area contributed by atoms with E-state index in [4.69, 9.17) is 4.42 Å². The van der Waals surface area contributed by atoms with E-state index in [0.29, 0.717) is 27.8 Å². The Kier molecular flexibility index (Phi) is 3.04. The number of rotatable bonds is 2. The van der Waals surface area contributed by atoms with E-state index >= 15 is 0 Å². The van der Waals surface area contributed by atoms with Crippen LogP contribution >= 0.6 is 0 Å². The fourth-order valence-corrected chi connectivity index (χ4v) is 3.63. The van der Waals surface area contributed by atoms with Gasteiger partial charge in [0, 0.05) is 41.9 Å². The van der Waals surface area contributed by atoms with E-state index in [1.54, 1.807) is 21.6 Å². The highest BCUT2D eigenvalue weighted by Crippen LogP contribution is 2.38. The summed E-state index contributed by atoms with van der Waals surface area (Å²) in [6.45, 7) is 3.99. The number of aromatic nitrogens is 5. The number of furan rings is 1. The molecule has 4 aromatic heterocycles. The van der Waals surface area contributed by atoms with Crippen LogP contribution in [-0.4, -0.2) is 24.5 Å². The fourth-order valence-electron chi connectivity index (χ4n) is 3.63. The number of benzene rings is 1. The van der Waals surface area contributed by atoms with Crippen LogP contribution in [0.15, 0.2) is 44.6 Å². The van der Waals surface area contributed by atoms with Crippen molar-refractivity contribution in [3.63, 3.8) is 0 Å². The molecule has 0 amide bonds. The van der Waals surface area contributed by atoms with E-state index in [9.17, 15) is 9.59 Å². The van der Waals surface area contributed by atoms with Crippen LogP contribution in [-0.2, 0) is 7.05 Å². The van der Waals surface area contributed by atoms with Crippen molar-refractivity contribution < 1.29 is 4.42 Å². The Morgan fingerprint density at radius 1 is 1.22 bits per heavy atom. The Hall–Kier alpha value is -3.55. The van der Waals surface area contributed by atoms with Crippen molar-refractivity contribution in [2.45, 2.75) is 19.9 Å². The summed E-state index contributed by atoms with van der Waals surface area (Å²) in [7, 11) is 1.82. The van der Waals surface area contributed by atoms with E-state index in [1.807, 2.05) is 27.1 Å². The summed E-state index contributed by atoms with van der Waals surface area (Å²) in [6, 6.07) is 4.76. The maximum absolute atomic E-state index is 12.8. The van der Waals surface area contributed by atoms with Gasteiger partial charge in [-0.2, -0.15) is 5.10 Å². The lowest BCUT2D eigenvalue weighted by Gasteiger charge is -2.09. The summed E-state index contributed by atoms with van der Waals surface area (Å²) < 4.78 is 9.51. The Morgan fingerprint density at radius 3 is 2.74 bits per heavy atom. The molecule has 8 nitrogen and oxygen atoms in total. The third-order valence-electron chi connectivity index (χ3n) is 4.82. The van der Waals surface area contributed by atoms with Crippen LogP contribution in [0, 0.1) is 0 Å². The van der Waals surface area contributed by atoms with Gasteiger partial charge < -0.3 is 9.40 Å². The van der Waals surface area contributed by atoms with Gasteiger partial charge in [-0.05, 0) is 26.0 Å². The molecule has 0 atom stereocenters. The third kappa shape index (κ3) is 2.13. The number of H-pyrrole nitrogens is 2. The molecule has 0 unspecified atom stereocenters. The number of pyridine rings is 1. The van der Waals surface area contributed by atoms with E-state index in [1.165, 1.54) is 12.1 Å². The molecule has 136 valence electrons. The Bertz CT molecular complexity index is 1460. The van der Waals surface area contributed by atoms with Gasteiger partial charge in [-0.15, -0.1) is 0 Å². The zero-order valence-electron chi connectivity index (χ0n) is 15.0. The topological polar surface area (TPSA) is 102 Å². The zero-order valence-corrected chi connectivity index (χ0v) is 15.0. The minimum Gasteiger partial charge on any atom is -0.454 e. The number of hydrogen-bond acceptors (Lipinski definition) is 4. The molecular formula is C19H17N5O3. The monoisotopic (exact) mass is 363 g/mol. The van der Waals surface area contributed by atoms with Gasteiger partial charge in [0.25, 0.3) is 5.56 Å². The second-order valence-electron chi connectivity index (χ2n) is 7.00. The molecule has 1 aromatic carbocycles. The van der Waals surface area contributed by atoms with Crippen molar-refractivity contribution in [3.05, 3.63) is 51.2 Å². The quantitative estimate of drug-likeness (QED) is 0.503. The molecule has 27 heavy (non-hydrogen) atoms. The van der Waals surface area contributed by atoms with E-state index in [2.05, 4.69) is 15.2 Å². The zero-order chi connectivity index (χ0) is 18.9. The summed E-state index contributed by atoms with van der Waals surface area (Å²) in [5, 5.41) is 8.44. The molecular weight excluding hydrogens is 346 g/mol. The first-order chi connectivity index (χ1) is 12.9. The largest absolute Gasteiger partial charge is 0.454 e. The average molecular weight is 363 g/mol. The summed E-state index contributed by atoms with van der Waals surface area (Å²) in [5.74, 6) is 0.